The molecule has 4 nitrogen and oxygen atoms in total. The highest BCUT2D eigenvalue weighted by Gasteiger charge is 2.13. The molecule has 1 aromatic carbocycles. The molecule has 0 saturated heterocycles. The number of carbonyl (C=O) groups excluding carboxylic acids is 1. The van der Waals surface area contributed by atoms with Gasteiger partial charge in [0.25, 0.3) is 0 Å². The fourth-order valence-corrected chi connectivity index (χ4v) is 2.28. The summed E-state index contributed by atoms with van der Waals surface area (Å²) in [6.07, 6.45) is 1.24. The molecule has 0 bridgehead atoms. The van der Waals surface area contributed by atoms with Crippen molar-refractivity contribution in [3.05, 3.63) is 51.3 Å². The highest BCUT2D eigenvalue weighted by molar-refractivity contribution is 9.10. The molecule has 20 heavy (non-hydrogen) atoms. The molecule has 0 fully saturated rings. The Morgan fingerprint density at radius 2 is 2.25 bits per heavy atom. The van der Waals surface area contributed by atoms with Gasteiger partial charge in [-0.25, -0.2) is 9.37 Å². The van der Waals surface area contributed by atoms with Crippen molar-refractivity contribution >= 4 is 44.9 Å². The molecule has 0 saturated carbocycles. The zero-order valence-corrected chi connectivity index (χ0v) is 12.5. The lowest BCUT2D eigenvalue weighted by atomic mass is 10.1. The average Bonchev–Trinajstić information content (AvgIpc) is 2.37. The number of rotatable bonds is 3. The van der Waals surface area contributed by atoms with E-state index in [0.717, 1.165) is 0 Å². The number of aromatic nitrogens is 1. The van der Waals surface area contributed by atoms with Crippen molar-refractivity contribution in [2.45, 2.75) is 6.42 Å². The van der Waals surface area contributed by atoms with Gasteiger partial charge in [0, 0.05) is 10.6 Å². The van der Waals surface area contributed by atoms with Gasteiger partial charge in [-0.3, -0.25) is 4.79 Å². The Bertz CT molecular complexity index is 646. The van der Waals surface area contributed by atoms with E-state index in [2.05, 4.69) is 26.2 Å². The summed E-state index contributed by atoms with van der Waals surface area (Å²) in [7, 11) is 0. The van der Waals surface area contributed by atoms with Crippen molar-refractivity contribution in [1.29, 1.82) is 0 Å². The predicted octanol–water partition coefficient (Wildman–Crippen LogP) is 3.40. The summed E-state index contributed by atoms with van der Waals surface area (Å²) in [6, 6.07) is 5.88. The molecule has 104 valence electrons. The molecule has 1 amide bonds. The van der Waals surface area contributed by atoms with Crippen LogP contribution in [0.5, 0.6) is 0 Å². The van der Waals surface area contributed by atoms with Crippen molar-refractivity contribution in [1.82, 2.24) is 4.98 Å². The van der Waals surface area contributed by atoms with Crippen LogP contribution in [0.4, 0.5) is 15.9 Å². The fourth-order valence-electron chi connectivity index (χ4n) is 1.58. The van der Waals surface area contributed by atoms with E-state index in [1.807, 2.05) is 0 Å². The van der Waals surface area contributed by atoms with Crippen LogP contribution >= 0.6 is 27.5 Å². The summed E-state index contributed by atoms with van der Waals surface area (Å²) in [5.74, 6) is -0.622. The lowest BCUT2D eigenvalue weighted by Crippen LogP contribution is -2.16. The van der Waals surface area contributed by atoms with Gasteiger partial charge in [-0.1, -0.05) is 17.7 Å². The molecule has 0 unspecified atom stereocenters. The van der Waals surface area contributed by atoms with Gasteiger partial charge in [0.2, 0.25) is 5.91 Å². The fraction of sp³-hybridized carbons (Fsp3) is 0.0769. The maximum atomic E-state index is 13.6. The number of amides is 1. The summed E-state index contributed by atoms with van der Waals surface area (Å²) in [5.41, 5.74) is 6.17. The molecular weight excluding hydrogens is 349 g/mol. The topological polar surface area (TPSA) is 68.0 Å². The molecule has 2 rings (SSSR count). The second-order valence-corrected chi connectivity index (χ2v) is 5.29. The molecule has 2 aromatic rings. The highest BCUT2D eigenvalue weighted by atomic mass is 79.9. The quantitative estimate of drug-likeness (QED) is 0.883. The SMILES string of the molecule is Nc1cnc(NC(=O)Cc2c(F)cccc2Cl)c(Br)c1. The predicted molar refractivity (Wildman–Crippen MR) is 80.1 cm³/mol. The zero-order valence-electron chi connectivity index (χ0n) is 10.2. The van der Waals surface area contributed by atoms with E-state index in [4.69, 9.17) is 17.3 Å². The standard InChI is InChI=1S/C13H10BrClFN3O/c14-9-4-7(17)6-18-13(9)19-12(20)5-8-10(15)2-1-3-11(8)16/h1-4,6H,5,17H2,(H,18,19,20). The number of hydrogen-bond acceptors (Lipinski definition) is 3. The number of nitrogens with one attached hydrogen (secondary N) is 1. The zero-order chi connectivity index (χ0) is 14.7. The van der Waals surface area contributed by atoms with Crippen molar-refractivity contribution in [2.75, 3.05) is 11.1 Å². The third kappa shape index (κ3) is 3.46. The van der Waals surface area contributed by atoms with E-state index >= 15 is 0 Å². The van der Waals surface area contributed by atoms with Gasteiger partial charge in [0.1, 0.15) is 11.6 Å². The van der Waals surface area contributed by atoms with Gasteiger partial charge in [0.05, 0.1) is 22.8 Å². The second kappa shape index (κ2) is 6.19. The van der Waals surface area contributed by atoms with Crippen LogP contribution in [0.2, 0.25) is 5.02 Å². The Balaban J connectivity index is 2.13. The molecular formula is C13H10BrClFN3O. The smallest absolute Gasteiger partial charge is 0.230 e. The van der Waals surface area contributed by atoms with Crippen LogP contribution in [-0.2, 0) is 11.2 Å². The van der Waals surface area contributed by atoms with Crippen LogP contribution < -0.4 is 11.1 Å². The van der Waals surface area contributed by atoms with Gasteiger partial charge in [-0.15, -0.1) is 0 Å². The Morgan fingerprint density at radius 3 is 2.90 bits per heavy atom. The number of carbonyl (C=O) groups is 1. The van der Waals surface area contributed by atoms with E-state index < -0.39 is 11.7 Å². The highest BCUT2D eigenvalue weighted by Crippen LogP contribution is 2.23. The molecule has 0 aliphatic rings. The summed E-state index contributed by atoms with van der Waals surface area (Å²) >= 11 is 9.10. The monoisotopic (exact) mass is 357 g/mol. The lowest BCUT2D eigenvalue weighted by molar-refractivity contribution is -0.115. The Kier molecular flexibility index (Phi) is 4.57. The number of benzene rings is 1. The molecule has 0 radical (unpaired) electrons. The van der Waals surface area contributed by atoms with E-state index in [9.17, 15) is 9.18 Å². The van der Waals surface area contributed by atoms with Crippen LogP contribution in [0.15, 0.2) is 34.9 Å². The van der Waals surface area contributed by atoms with Gasteiger partial charge in [-0.05, 0) is 34.1 Å². The normalized spacial score (nSPS) is 10.3. The van der Waals surface area contributed by atoms with Gasteiger partial charge in [-0.2, -0.15) is 0 Å². The molecule has 1 aromatic heterocycles. The molecule has 1 heterocycles. The third-order valence-corrected chi connectivity index (χ3v) is 3.48. The first-order valence-electron chi connectivity index (χ1n) is 5.61. The Morgan fingerprint density at radius 1 is 1.50 bits per heavy atom. The van der Waals surface area contributed by atoms with Gasteiger partial charge >= 0.3 is 0 Å². The van der Waals surface area contributed by atoms with Crippen molar-refractivity contribution in [3.8, 4) is 0 Å². The molecule has 0 aliphatic heterocycles. The minimum absolute atomic E-state index is 0.151. The molecule has 7 heteroatoms. The summed E-state index contributed by atoms with van der Waals surface area (Å²) in [6.45, 7) is 0. The number of anilines is 2. The van der Waals surface area contributed by atoms with E-state index in [0.29, 0.717) is 16.0 Å². The van der Waals surface area contributed by atoms with Crippen LogP contribution in [0.25, 0.3) is 0 Å². The van der Waals surface area contributed by atoms with Crippen LogP contribution in [0.3, 0.4) is 0 Å². The van der Waals surface area contributed by atoms with E-state index in [-0.39, 0.29) is 17.0 Å². The largest absolute Gasteiger partial charge is 0.397 e. The average molecular weight is 359 g/mol. The summed E-state index contributed by atoms with van der Waals surface area (Å²) in [5, 5.41) is 2.78. The minimum Gasteiger partial charge on any atom is -0.397 e. The molecule has 0 atom stereocenters. The number of nitrogen functional groups attached to an aromatic ring is 1. The molecule has 0 aliphatic carbocycles. The number of halogens is 3. The molecule has 0 spiro atoms. The summed E-state index contributed by atoms with van der Waals surface area (Å²) < 4.78 is 14.1. The maximum Gasteiger partial charge on any atom is 0.230 e. The van der Waals surface area contributed by atoms with E-state index in [1.165, 1.54) is 24.4 Å². The van der Waals surface area contributed by atoms with Gasteiger partial charge < -0.3 is 11.1 Å². The second-order valence-electron chi connectivity index (χ2n) is 4.02. The number of nitrogens with zero attached hydrogens (tertiary/aromatic N) is 1. The van der Waals surface area contributed by atoms with Crippen molar-refractivity contribution in [2.24, 2.45) is 0 Å². The Labute approximate surface area is 128 Å². The number of hydrogen-bond donors (Lipinski definition) is 2. The van der Waals surface area contributed by atoms with E-state index in [1.54, 1.807) is 6.07 Å². The van der Waals surface area contributed by atoms with Gasteiger partial charge in [0.15, 0.2) is 0 Å². The van der Waals surface area contributed by atoms with Crippen LogP contribution in [0.1, 0.15) is 5.56 Å². The van der Waals surface area contributed by atoms with Crippen LogP contribution in [-0.4, -0.2) is 10.9 Å². The van der Waals surface area contributed by atoms with Crippen molar-refractivity contribution < 1.29 is 9.18 Å². The Hall–Kier alpha value is -1.66. The number of nitrogens with two attached hydrogens (primary N) is 1. The lowest BCUT2D eigenvalue weighted by Gasteiger charge is -2.08. The first-order chi connectivity index (χ1) is 9.47. The third-order valence-electron chi connectivity index (χ3n) is 2.52. The molecule has 3 N–H and O–H groups in total. The van der Waals surface area contributed by atoms with Crippen LogP contribution in [0, 0.1) is 5.82 Å². The number of pyridine rings is 1. The minimum atomic E-state index is -0.517. The summed E-state index contributed by atoms with van der Waals surface area (Å²) in [4.78, 5) is 15.9. The van der Waals surface area contributed by atoms with Crippen molar-refractivity contribution in [3.63, 3.8) is 0 Å². The first-order valence-corrected chi connectivity index (χ1v) is 6.78. The first kappa shape index (κ1) is 14.7. The maximum absolute atomic E-state index is 13.6.